The van der Waals surface area contributed by atoms with Gasteiger partial charge in [-0.05, 0) is 59.7 Å². The zero-order valence-electron chi connectivity index (χ0n) is 17.1. The Hall–Kier alpha value is -3.03. The number of hydrogen-bond acceptors (Lipinski definition) is 4. The molecule has 4 aromatic rings. The van der Waals surface area contributed by atoms with E-state index < -0.39 is 0 Å². The average Bonchev–Trinajstić information content (AvgIpc) is 2.78. The molecular formula is C24H18BrClFN3O2. The molecule has 8 heteroatoms. The molecule has 1 aromatic heterocycles. The smallest absolute Gasteiger partial charge is 0.282 e. The van der Waals surface area contributed by atoms with E-state index in [9.17, 15) is 9.18 Å². The first-order chi connectivity index (χ1) is 15.4. The number of ether oxygens (including phenoxy) is 1. The summed E-state index contributed by atoms with van der Waals surface area (Å²) in [5, 5.41) is 5.22. The van der Waals surface area contributed by atoms with Crippen molar-refractivity contribution in [3.05, 3.63) is 103 Å². The van der Waals surface area contributed by atoms with E-state index in [-0.39, 0.29) is 18.0 Å². The Bertz CT molecular complexity index is 1390. The van der Waals surface area contributed by atoms with Crippen LogP contribution in [0.15, 0.2) is 75.0 Å². The quantitative estimate of drug-likeness (QED) is 0.298. The Balaban J connectivity index is 1.58. The number of nitrogens with zero attached hydrogens (tertiary/aromatic N) is 3. The fraction of sp³-hybridized carbons (Fsp3) is 0.125. The molecule has 0 radical (unpaired) electrons. The van der Waals surface area contributed by atoms with Gasteiger partial charge in [-0.1, -0.05) is 46.6 Å². The van der Waals surface area contributed by atoms with Crippen LogP contribution in [0.4, 0.5) is 4.39 Å². The van der Waals surface area contributed by atoms with Crippen molar-refractivity contribution in [2.45, 2.75) is 20.0 Å². The van der Waals surface area contributed by atoms with Crippen LogP contribution in [0.5, 0.6) is 5.75 Å². The zero-order chi connectivity index (χ0) is 22.7. The first-order valence-electron chi connectivity index (χ1n) is 9.87. The molecule has 0 aliphatic rings. The number of fused-ring (bicyclic) bond motifs is 1. The van der Waals surface area contributed by atoms with Gasteiger partial charge in [0.25, 0.3) is 5.56 Å². The van der Waals surface area contributed by atoms with Gasteiger partial charge in [-0.15, -0.1) is 0 Å². The summed E-state index contributed by atoms with van der Waals surface area (Å²) in [4.78, 5) is 17.5. The van der Waals surface area contributed by atoms with Crippen LogP contribution >= 0.6 is 27.5 Å². The summed E-state index contributed by atoms with van der Waals surface area (Å²) >= 11 is 9.74. The van der Waals surface area contributed by atoms with Crippen LogP contribution in [-0.4, -0.2) is 15.9 Å². The molecule has 0 saturated heterocycles. The number of hydrogen-bond donors (Lipinski definition) is 0. The molecule has 0 amide bonds. The predicted octanol–water partition coefficient (Wildman–Crippen LogP) is 5.98. The summed E-state index contributed by atoms with van der Waals surface area (Å²) in [6.45, 7) is 2.11. The Labute approximate surface area is 197 Å². The minimum absolute atomic E-state index is 0.193. The molecule has 162 valence electrons. The lowest BCUT2D eigenvalue weighted by Gasteiger charge is -2.09. The Morgan fingerprint density at radius 3 is 2.78 bits per heavy atom. The van der Waals surface area contributed by atoms with E-state index in [1.165, 1.54) is 16.8 Å². The van der Waals surface area contributed by atoms with Gasteiger partial charge >= 0.3 is 0 Å². The summed E-state index contributed by atoms with van der Waals surface area (Å²) in [7, 11) is 0. The van der Waals surface area contributed by atoms with Crippen LogP contribution < -0.4 is 10.3 Å². The van der Waals surface area contributed by atoms with Crippen LogP contribution in [0.25, 0.3) is 10.9 Å². The Morgan fingerprint density at radius 2 is 2.03 bits per heavy atom. The molecular weight excluding hydrogens is 497 g/mol. The van der Waals surface area contributed by atoms with Crippen molar-refractivity contribution < 1.29 is 9.13 Å². The van der Waals surface area contributed by atoms with Crippen LogP contribution in [0.3, 0.4) is 0 Å². The van der Waals surface area contributed by atoms with E-state index in [0.29, 0.717) is 45.0 Å². The van der Waals surface area contributed by atoms with Gasteiger partial charge in [-0.2, -0.15) is 9.78 Å². The number of halogens is 3. The van der Waals surface area contributed by atoms with Gasteiger partial charge < -0.3 is 4.74 Å². The first-order valence-corrected chi connectivity index (χ1v) is 11.0. The molecule has 4 rings (SSSR count). The molecule has 0 aliphatic carbocycles. The molecule has 0 saturated carbocycles. The molecule has 0 N–H and O–H groups in total. The minimum Gasteiger partial charge on any atom is -0.487 e. The molecule has 5 nitrogen and oxygen atoms in total. The fourth-order valence-corrected chi connectivity index (χ4v) is 3.77. The van der Waals surface area contributed by atoms with Crippen LogP contribution in [0.1, 0.15) is 23.9 Å². The topological polar surface area (TPSA) is 56.5 Å². The molecule has 1 heterocycles. The van der Waals surface area contributed by atoms with E-state index in [4.69, 9.17) is 16.3 Å². The first kappa shape index (κ1) is 22.2. The van der Waals surface area contributed by atoms with E-state index in [0.717, 1.165) is 4.47 Å². The second-order valence-corrected chi connectivity index (χ2v) is 8.34. The largest absolute Gasteiger partial charge is 0.487 e. The van der Waals surface area contributed by atoms with E-state index >= 15 is 0 Å². The van der Waals surface area contributed by atoms with Crippen molar-refractivity contribution in [1.29, 1.82) is 0 Å². The van der Waals surface area contributed by atoms with Crippen molar-refractivity contribution in [1.82, 2.24) is 9.66 Å². The van der Waals surface area contributed by atoms with Crippen molar-refractivity contribution >= 4 is 44.6 Å². The molecule has 0 aliphatic heterocycles. The van der Waals surface area contributed by atoms with E-state index in [1.54, 1.807) is 48.7 Å². The van der Waals surface area contributed by atoms with Gasteiger partial charge in [0.1, 0.15) is 24.0 Å². The van der Waals surface area contributed by atoms with Crippen LogP contribution in [0.2, 0.25) is 5.02 Å². The summed E-state index contributed by atoms with van der Waals surface area (Å²) in [6.07, 6.45) is 2.10. The number of aromatic nitrogens is 2. The van der Waals surface area contributed by atoms with Crippen LogP contribution in [-0.2, 0) is 13.0 Å². The maximum atomic E-state index is 13.3. The third-order valence-corrected chi connectivity index (χ3v) is 5.54. The number of aryl methyl sites for hydroxylation is 1. The normalized spacial score (nSPS) is 11.4. The molecule has 0 unspecified atom stereocenters. The molecule has 0 atom stereocenters. The van der Waals surface area contributed by atoms with Gasteiger partial charge in [0, 0.05) is 10.9 Å². The SMILES string of the molecule is CCc1nc2ccc(Br)cc2c(=O)n1N=Cc1ccc(OCc2cccc(F)c2)c(Cl)c1. The highest BCUT2D eigenvalue weighted by Crippen LogP contribution is 2.26. The third-order valence-electron chi connectivity index (χ3n) is 4.75. The lowest BCUT2D eigenvalue weighted by Crippen LogP contribution is -2.22. The highest BCUT2D eigenvalue weighted by Gasteiger charge is 2.10. The van der Waals surface area contributed by atoms with Gasteiger partial charge in [0.2, 0.25) is 0 Å². The Kier molecular flexibility index (Phi) is 6.67. The van der Waals surface area contributed by atoms with Gasteiger partial charge in [0.15, 0.2) is 0 Å². The third kappa shape index (κ3) is 4.89. The number of benzene rings is 3. The summed E-state index contributed by atoms with van der Waals surface area (Å²) in [6, 6.07) is 16.8. The summed E-state index contributed by atoms with van der Waals surface area (Å²) in [5.41, 5.74) is 1.78. The van der Waals surface area contributed by atoms with Gasteiger partial charge in [-0.3, -0.25) is 4.79 Å². The lowest BCUT2D eigenvalue weighted by atomic mass is 10.2. The molecule has 3 aromatic carbocycles. The van der Waals surface area contributed by atoms with Crippen molar-refractivity contribution in [3.8, 4) is 5.75 Å². The lowest BCUT2D eigenvalue weighted by molar-refractivity contribution is 0.306. The molecule has 0 fully saturated rings. The van der Waals surface area contributed by atoms with Gasteiger partial charge in [-0.25, -0.2) is 9.37 Å². The van der Waals surface area contributed by atoms with Crippen molar-refractivity contribution in [3.63, 3.8) is 0 Å². The average molecular weight is 515 g/mol. The summed E-state index contributed by atoms with van der Waals surface area (Å²) in [5.74, 6) is 0.708. The molecule has 0 spiro atoms. The highest BCUT2D eigenvalue weighted by molar-refractivity contribution is 9.10. The highest BCUT2D eigenvalue weighted by atomic mass is 79.9. The second-order valence-electron chi connectivity index (χ2n) is 7.01. The maximum absolute atomic E-state index is 13.3. The van der Waals surface area contributed by atoms with E-state index in [2.05, 4.69) is 26.0 Å². The minimum atomic E-state index is -0.319. The maximum Gasteiger partial charge on any atom is 0.282 e. The standard InChI is InChI=1S/C24H18BrClFN3O2/c1-2-23-29-21-8-7-17(25)12-19(21)24(31)30(23)28-13-15-6-9-22(20(26)11-15)32-14-16-4-3-5-18(27)10-16/h3-13H,2,14H2,1H3. The zero-order valence-corrected chi connectivity index (χ0v) is 19.4. The number of rotatable bonds is 6. The van der Waals surface area contributed by atoms with Crippen molar-refractivity contribution in [2.24, 2.45) is 5.10 Å². The fourth-order valence-electron chi connectivity index (χ4n) is 3.17. The van der Waals surface area contributed by atoms with Gasteiger partial charge in [0.05, 0.1) is 22.1 Å². The monoisotopic (exact) mass is 513 g/mol. The van der Waals surface area contributed by atoms with Crippen LogP contribution in [0, 0.1) is 5.82 Å². The summed E-state index contributed by atoms with van der Waals surface area (Å²) < 4.78 is 21.1. The molecule has 0 bridgehead atoms. The molecule has 32 heavy (non-hydrogen) atoms. The van der Waals surface area contributed by atoms with Crippen molar-refractivity contribution in [2.75, 3.05) is 0 Å². The predicted molar refractivity (Wildman–Crippen MR) is 128 cm³/mol. The Morgan fingerprint density at radius 1 is 1.19 bits per heavy atom. The second kappa shape index (κ2) is 9.63. The van der Waals surface area contributed by atoms with E-state index in [1.807, 2.05) is 13.0 Å².